The van der Waals surface area contributed by atoms with Crippen molar-refractivity contribution in [2.75, 3.05) is 11.9 Å². The van der Waals surface area contributed by atoms with Crippen molar-refractivity contribution in [1.82, 2.24) is 0 Å². The highest BCUT2D eigenvalue weighted by Crippen LogP contribution is 2.31. The summed E-state index contributed by atoms with van der Waals surface area (Å²) in [7, 11) is 0. The van der Waals surface area contributed by atoms with Crippen molar-refractivity contribution in [3.63, 3.8) is 0 Å². The second-order valence-electron chi connectivity index (χ2n) is 3.83. The van der Waals surface area contributed by atoms with Gasteiger partial charge in [0.15, 0.2) is 0 Å². The summed E-state index contributed by atoms with van der Waals surface area (Å²) in [5, 5.41) is 0.976. The monoisotopic (exact) mass is 232 g/mol. The number of hydrogen-bond acceptors (Lipinski definition) is 1. The second kappa shape index (κ2) is 4.43. The second-order valence-corrected chi connectivity index (χ2v) is 4.39. The molecule has 1 unspecified atom stereocenters. The smallest absolute Gasteiger partial charge is 0.0584 e. The first kappa shape index (κ1) is 10.3. The zero-order chi connectivity index (χ0) is 9.03. The average molecular weight is 233 g/mol. The zero-order valence-electron chi connectivity index (χ0n) is 7.68. The lowest BCUT2D eigenvalue weighted by atomic mass is 9.86. The van der Waals surface area contributed by atoms with Crippen molar-refractivity contribution in [2.24, 2.45) is 5.41 Å². The molecule has 1 aliphatic heterocycles. The van der Waals surface area contributed by atoms with Gasteiger partial charge in [-0.3, -0.25) is 0 Å². The summed E-state index contributed by atoms with van der Waals surface area (Å²) in [6, 6.07) is 0. The maximum absolute atomic E-state index is 5.58. The molecular formula is C10H17BrO. The van der Waals surface area contributed by atoms with Crippen LogP contribution in [0.15, 0.2) is 12.7 Å². The fourth-order valence-corrected chi connectivity index (χ4v) is 1.98. The maximum Gasteiger partial charge on any atom is 0.0584 e. The normalized spacial score (nSPS) is 28.3. The van der Waals surface area contributed by atoms with Crippen LogP contribution in [0.3, 0.4) is 0 Å². The van der Waals surface area contributed by atoms with Gasteiger partial charge >= 0.3 is 0 Å². The maximum atomic E-state index is 5.58. The van der Waals surface area contributed by atoms with Crippen LogP contribution in [0.2, 0.25) is 0 Å². The van der Waals surface area contributed by atoms with E-state index in [0.717, 1.165) is 18.4 Å². The molecule has 0 aromatic rings. The lowest BCUT2D eigenvalue weighted by Gasteiger charge is -2.25. The SMILES string of the molecule is C=CC(C)(CBr)C[C@H]1CCCO1. The highest BCUT2D eigenvalue weighted by molar-refractivity contribution is 9.09. The van der Waals surface area contributed by atoms with Crippen molar-refractivity contribution >= 4 is 15.9 Å². The Morgan fingerprint density at radius 2 is 2.50 bits per heavy atom. The van der Waals surface area contributed by atoms with E-state index in [1.807, 2.05) is 6.08 Å². The van der Waals surface area contributed by atoms with Gasteiger partial charge in [0.2, 0.25) is 0 Å². The number of alkyl halides is 1. The van der Waals surface area contributed by atoms with Crippen LogP contribution in [-0.4, -0.2) is 18.0 Å². The van der Waals surface area contributed by atoms with Crippen LogP contribution in [0.4, 0.5) is 0 Å². The van der Waals surface area contributed by atoms with E-state index in [9.17, 15) is 0 Å². The minimum Gasteiger partial charge on any atom is -0.378 e. The Balaban J connectivity index is 2.40. The first-order chi connectivity index (χ1) is 5.70. The molecule has 1 rings (SSSR count). The van der Waals surface area contributed by atoms with E-state index >= 15 is 0 Å². The third kappa shape index (κ3) is 2.60. The molecule has 0 N–H and O–H groups in total. The summed E-state index contributed by atoms with van der Waals surface area (Å²) in [4.78, 5) is 0. The third-order valence-corrected chi connectivity index (χ3v) is 3.80. The van der Waals surface area contributed by atoms with E-state index in [-0.39, 0.29) is 5.41 Å². The third-order valence-electron chi connectivity index (χ3n) is 2.52. The predicted molar refractivity (Wildman–Crippen MR) is 55.7 cm³/mol. The highest BCUT2D eigenvalue weighted by atomic mass is 79.9. The Morgan fingerprint density at radius 3 is 2.92 bits per heavy atom. The van der Waals surface area contributed by atoms with Gasteiger partial charge in [-0.05, 0) is 24.7 Å². The van der Waals surface area contributed by atoms with Gasteiger partial charge in [-0.25, -0.2) is 0 Å². The number of allylic oxidation sites excluding steroid dienone is 1. The molecule has 2 heteroatoms. The van der Waals surface area contributed by atoms with Gasteiger partial charge in [0.25, 0.3) is 0 Å². The first-order valence-electron chi connectivity index (χ1n) is 4.51. The Hall–Kier alpha value is 0.180. The van der Waals surface area contributed by atoms with Gasteiger partial charge in [-0.1, -0.05) is 28.9 Å². The lowest BCUT2D eigenvalue weighted by molar-refractivity contribution is 0.0835. The summed E-state index contributed by atoms with van der Waals surface area (Å²) in [5.74, 6) is 0. The highest BCUT2D eigenvalue weighted by Gasteiger charge is 2.26. The van der Waals surface area contributed by atoms with E-state index in [4.69, 9.17) is 4.74 Å². The Morgan fingerprint density at radius 1 is 1.75 bits per heavy atom. The number of rotatable bonds is 4. The van der Waals surface area contributed by atoms with Gasteiger partial charge in [0, 0.05) is 11.9 Å². The van der Waals surface area contributed by atoms with Crippen LogP contribution in [0, 0.1) is 5.41 Å². The van der Waals surface area contributed by atoms with Crippen LogP contribution in [0.25, 0.3) is 0 Å². The Bertz CT molecular complexity index is 152. The number of ether oxygens (including phenoxy) is 1. The van der Waals surface area contributed by atoms with Crippen molar-refractivity contribution in [3.05, 3.63) is 12.7 Å². The van der Waals surface area contributed by atoms with Crippen LogP contribution >= 0.6 is 15.9 Å². The molecule has 70 valence electrons. The molecule has 0 aliphatic carbocycles. The van der Waals surface area contributed by atoms with Gasteiger partial charge in [0.05, 0.1) is 6.10 Å². The molecule has 0 amide bonds. The molecule has 0 bridgehead atoms. The van der Waals surface area contributed by atoms with Gasteiger partial charge < -0.3 is 4.74 Å². The fourth-order valence-electron chi connectivity index (χ4n) is 1.52. The van der Waals surface area contributed by atoms with Crippen molar-refractivity contribution < 1.29 is 4.74 Å². The average Bonchev–Trinajstić information content (AvgIpc) is 2.57. The van der Waals surface area contributed by atoms with Gasteiger partial charge in [0.1, 0.15) is 0 Å². The molecule has 0 aromatic heterocycles. The summed E-state index contributed by atoms with van der Waals surface area (Å²) in [5.41, 5.74) is 0.203. The standard InChI is InChI=1S/C10H17BrO/c1-3-10(2,8-11)7-9-5-4-6-12-9/h3,9H,1,4-8H2,2H3/t9-,10?/m1/s1. The first-order valence-corrected chi connectivity index (χ1v) is 5.63. The van der Waals surface area contributed by atoms with Crippen molar-refractivity contribution in [2.45, 2.75) is 32.3 Å². The fraction of sp³-hybridized carbons (Fsp3) is 0.800. The van der Waals surface area contributed by atoms with Crippen LogP contribution in [0.5, 0.6) is 0 Å². The van der Waals surface area contributed by atoms with E-state index < -0.39 is 0 Å². The van der Waals surface area contributed by atoms with Crippen molar-refractivity contribution in [1.29, 1.82) is 0 Å². The molecule has 1 fully saturated rings. The lowest BCUT2D eigenvalue weighted by Crippen LogP contribution is -2.22. The molecule has 0 aromatic carbocycles. The molecule has 2 atom stereocenters. The van der Waals surface area contributed by atoms with E-state index in [2.05, 4.69) is 29.4 Å². The summed E-state index contributed by atoms with van der Waals surface area (Å²) < 4.78 is 5.58. The van der Waals surface area contributed by atoms with Crippen LogP contribution in [0.1, 0.15) is 26.2 Å². The number of halogens is 1. The Kier molecular flexibility index (Phi) is 3.78. The van der Waals surface area contributed by atoms with Crippen LogP contribution < -0.4 is 0 Å². The van der Waals surface area contributed by atoms with Crippen LogP contribution in [-0.2, 0) is 4.74 Å². The topological polar surface area (TPSA) is 9.23 Å². The summed E-state index contributed by atoms with van der Waals surface area (Å²) >= 11 is 3.51. The molecule has 0 spiro atoms. The quantitative estimate of drug-likeness (QED) is 0.535. The molecular weight excluding hydrogens is 216 g/mol. The van der Waals surface area contributed by atoms with E-state index in [0.29, 0.717) is 6.10 Å². The molecule has 1 aliphatic rings. The molecule has 12 heavy (non-hydrogen) atoms. The van der Waals surface area contributed by atoms with Crippen molar-refractivity contribution in [3.8, 4) is 0 Å². The van der Waals surface area contributed by atoms with E-state index in [1.165, 1.54) is 12.8 Å². The van der Waals surface area contributed by atoms with Gasteiger partial charge in [-0.15, -0.1) is 6.58 Å². The largest absolute Gasteiger partial charge is 0.378 e. The molecule has 1 heterocycles. The summed E-state index contributed by atoms with van der Waals surface area (Å²) in [6.07, 6.45) is 6.03. The van der Waals surface area contributed by atoms with Gasteiger partial charge in [-0.2, -0.15) is 0 Å². The molecule has 0 saturated carbocycles. The number of hydrogen-bond donors (Lipinski definition) is 0. The Labute approximate surface area is 83.3 Å². The minimum absolute atomic E-state index is 0.203. The minimum atomic E-state index is 0.203. The van der Waals surface area contributed by atoms with E-state index in [1.54, 1.807) is 0 Å². The predicted octanol–water partition coefficient (Wildman–Crippen LogP) is 3.14. The molecule has 1 saturated heterocycles. The molecule has 0 radical (unpaired) electrons. The zero-order valence-corrected chi connectivity index (χ0v) is 9.27. The summed E-state index contributed by atoms with van der Waals surface area (Å²) in [6.45, 7) is 7.02. The molecule has 1 nitrogen and oxygen atoms in total.